The molecule has 0 aliphatic carbocycles. The quantitative estimate of drug-likeness (QED) is 0.637. The van der Waals surface area contributed by atoms with Crippen LogP contribution in [0.25, 0.3) is 0 Å². The van der Waals surface area contributed by atoms with Crippen molar-refractivity contribution in [3.63, 3.8) is 0 Å². The van der Waals surface area contributed by atoms with Gasteiger partial charge in [-0.1, -0.05) is 0 Å². The molecular formula is C10H20N2O2. The lowest BCUT2D eigenvalue weighted by Crippen LogP contribution is -2.55. The van der Waals surface area contributed by atoms with Crippen LogP contribution in [0.15, 0.2) is 0 Å². The first-order chi connectivity index (χ1) is 6.56. The van der Waals surface area contributed by atoms with Gasteiger partial charge in [-0.15, -0.1) is 0 Å². The summed E-state index contributed by atoms with van der Waals surface area (Å²) in [7, 11) is 1.43. The Morgan fingerprint density at radius 1 is 1.43 bits per heavy atom. The lowest BCUT2D eigenvalue weighted by atomic mass is 10.1. The van der Waals surface area contributed by atoms with Crippen LogP contribution < -0.4 is 0 Å². The van der Waals surface area contributed by atoms with E-state index in [-0.39, 0.29) is 12.1 Å². The molecule has 1 fully saturated rings. The molecule has 0 radical (unpaired) electrons. The molecule has 0 aromatic heterocycles. The normalized spacial score (nSPS) is 24.1. The van der Waals surface area contributed by atoms with E-state index in [0.717, 1.165) is 19.6 Å². The maximum Gasteiger partial charge on any atom is 0.409 e. The molecule has 1 heterocycles. The van der Waals surface area contributed by atoms with Crippen molar-refractivity contribution in [3.05, 3.63) is 0 Å². The minimum absolute atomic E-state index is 0.207. The van der Waals surface area contributed by atoms with E-state index < -0.39 is 0 Å². The molecule has 0 N–H and O–H groups in total. The van der Waals surface area contributed by atoms with Gasteiger partial charge in [0.05, 0.1) is 7.11 Å². The van der Waals surface area contributed by atoms with E-state index >= 15 is 0 Å². The highest BCUT2D eigenvalue weighted by Crippen LogP contribution is 2.12. The number of nitrogens with zero attached hydrogens (tertiary/aromatic N) is 2. The summed E-state index contributed by atoms with van der Waals surface area (Å²) in [5.41, 5.74) is 0. The predicted octanol–water partition coefficient (Wildman–Crippen LogP) is 1.17. The van der Waals surface area contributed by atoms with Gasteiger partial charge in [-0.05, 0) is 20.8 Å². The van der Waals surface area contributed by atoms with E-state index in [0.29, 0.717) is 6.04 Å². The van der Waals surface area contributed by atoms with Gasteiger partial charge in [-0.3, -0.25) is 4.90 Å². The van der Waals surface area contributed by atoms with Crippen molar-refractivity contribution >= 4 is 6.09 Å². The van der Waals surface area contributed by atoms with Crippen molar-refractivity contribution < 1.29 is 9.53 Å². The molecule has 0 bridgehead atoms. The van der Waals surface area contributed by atoms with Crippen molar-refractivity contribution in [2.75, 3.05) is 26.7 Å². The number of carbonyl (C=O) groups excluding carboxylic acids is 1. The zero-order chi connectivity index (χ0) is 10.7. The first-order valence-corrected chi connectivity index (χ1v) is 5.15. The van der Waals surface area contributed by atoms with Crippen LogP contribution >= 0.6 is 0 Å². The summed E-state index contributed by atoms with van der Waals surface area (Å²) in [4.78, 5) is 15.5. The number of hydrogen-bond acceptors (Lipinski definition) is 3. The lowest BCUT2D eigenvalue weighted by Gasteiger charge is -2.40. The molecule has 0 unspecified atom stereocenters. The van der Waals surface area contributed by atoms with Crippen molar-refractivity contribution in [1.82, 2.24) is 9.80 Å². The molecule has 1 aliphatic heterocycles. The third-order valence-electron chi connectivity index (χ3n) is 2.80. The molecule has 1 atom stereocenters. The SMILES string of the molecule is COC(=O)N1CCN(C(C)C)C[C@@H]1C. The third-order valence-corrected chi connectivity index (χ3v) is 2.80. The van der Waals surface area contributed by atoms with Crippen LogP contribution in [-0.4, -0.2) is 54.7 Å². The van der Waals surface area contributed by atoms with Crippen molar-refractivity contribution in [2.45, 2.75) is 32.9 Å². The summed E-state index contributed by atoms with van der Waals surface area (Å²) in [5.74, 6) is 0. The van der Waals surface area contributed by atoms with Crippen LogP contribution in [0.2, 0.25) is 0 Å². The number of methoxy groups -OCH3 is 1. The lowest BCUT2D eigenvalue weighted by molar-refractivity contribution is 0.0519. The van der Waals surface area contributed by atoms with Crippen LogP contribution in [0, 0.1) is 0 Å². The van der Waals surface area contributed by atoms with Crippen LogP contribution in [0.3, 0.4) is 0 Å². The van der Waals surface area contributed by atoms with Gasteiger partial charge in [-0.2, -0.15) is 0 Å². The van der Waals surface area contributed by atoms with E-state index in [4.69, 9.17) is 4.74 Å². The van der Waals surface area contributed by atoms with Crippen molar-refractivity contribution in [2.24, 2.45) is 0 Å². The zero-order valence-electron chi connectivity index (χ0n) is 9.49. The fourth-order valence-electron chi connectivity index (χ4n) is 1.84. The van der Waals surface area contributed by atoms with Gasteiger partial charge in [0.2, 0.25) is 0 Å². The molecule has 4 nitrogen and oxygen atoms in total. The van der Waals surface area contributed by atoms with Gasteiger partial charge in [0.25, 0.3) is 0 Å². The van der Waals surface area contributed by atoms with Gasteiger partial charge < -0.3 is 9.64 Å². The molecule has 0 spiro atoms. The van der Waals surface area contributed by atoms with Crippen molar-refractivity contribution in [1.29, 1.82) is 0 Å². The largest absolute Gasteiger partial charge is 0.453 e. The summed E-state index contributed by atoms with van der Waals surface area (Å²) in [6, 6.07) is 0.802. The Labute approximate surface area is 85.8 Å². The molecule has 1 rings (SSSR count). The summed E-state index contributed by atoms with van der Waals surface area (Å²) in [6.07, 6.45) is -0.207. The topological polar surface area (TPSA) is 32.8 Å². The highest BCUT2D eigenvalue weighted by atomic mass is 16.5. The Bertz CT molecular complexity index is 206. The number of ether oxygens (including phenoxy) is 1. The monoisotopic (exact) mass is 200 g/mol. The standard InChI is InChI=1S/C10H20N2O2/c1-8(2)11-5-6-12(9(3)7-11)10(13)14-4/h8-9H,5-7H2,1-4H3/t9-/m0/s1. The summed E-state index contributed by atoms with van der Waals surface area (Å²) in [6.45, 7) is 9.07. The van der Waals surface area contributed by atoms with Gasteiger partial charge >= 0.3 is 6.09 Å². The van der Waals surface area contributed by atoms with Gasteiger partial charge in [0.1, 0.15) is 0 Å². The van der Waals surface area contributed by atoms with E-state index in [1.807, 2.05) is 0 Å². The molecule has 82 valence electrons. The maximum absolute atomic E-state index is 11.3. The van der Waals surface area contributed by atoms with Crippen molar-refractivity contribution in [3.8, 4) is 0 Å². The molecule has 1 amide bonds. The second kappa shape index (κ2) is 4.64. The molecular weight excluding hydrogens is 180 g/mol. The molecule has 0 aromatic rings. The molecule has 0 saturated carbocycles. The minimum Gasteiger partial charge on any atom is -0.453 e. The smallest absolute Gasteiger partial charge is 0.409 e. The third kappa shape index (κ3) is 2.38. The number of carbonyl (C=O) groups is 1. The number of piperazine rings is 1. The van der Waals surface area contributed by atoms with Gasteiger partial charge in [0.15, 0.2) is 0 Å². The van der Waals surface area contributed by atoms with E-state index in [9.17, 15) is 4.79 Å². The molecule has 1 aliphatic rings. The van der Waals surface area contributed by atoms with Gasteiger partial charge in [0, 0.05) is 31.7 Å². The summed E-state index contributed by atoms with van der Waals surface area (Å²) >= 11 is 0. The summed E-state index contributed by atoms with van der Waals surface area (Å²) in [5, 5.41) is 0. The fourth-order valence-corrected chi connectivity index (χ4v) is 1.84. The van der Waals surface area contributed by atoms with Crippen LogP contribution in [-0.2, 0) is 4.74 Å². The second-order valence-corrected chi connectivity index (χ2v) is 4.10. The maximum atomic E-state index is 11.3. The number of hydrogen-bond donors (Lipinski definition) is 0. The van der Waals surface area contributed by atoms with Crippen LogP contribution in [0.4, 0.5) is 4.79 Å². The average molecular weight is 200 g/mol. The number of rotatable bonds is 1. The fraction of sp³-hybridized carbons (Fsp3) is 0.900. The van der Waals surface area contributed by atoms with Crippen LogP contribution in [0.5, 0.6) is 0 Å². The van der Waals surface area contributed by atoms with E-state index in [2.05, 4.69) is 25.7 Å². The van der Waals surface area contributed by atoms with E-state index in [1.165, 1.54) is 7.11 Å². The van der Waals surface area contributed by atoms with Gasteiger partial charge in [-0.25, -0.2) is 4.79 Å². The Hall–Kier alpha value is -0.770. The van der Waals surface area contributed by atoms with Crippen LogP contribution in [0.1, 0.15) is 20.8 Å². The number of amides is 1. The Morgan fingerprint density at radius 3 is 2.50 bits per heavy atom. The van der Waals surface area contributed by atoms with E-state index in [1.54, 1.807) is 4.90 Å². The molecule has 0 aromatic carbocycles. The molecule has 4 heteroatoms. The Kier molecular flexibility index (Phi) is 3.75. The first kappa shape index (κ1) is 11.3. The molecule has 1 saturated heterocycles. The average Bonchev–Trinajstić information content (AvgIpc) is 2.16. The zero-order valence-corrected chi connectivity index (χ0v) is 9.49. The second-order valence-electron chi connectivity index (χ2n) is 4.10. The highest BCUT2D eigenvalue weighted by Gasteiger charge is 2.28. The first-order valence-electron chi connectivity index (χ1n) is 5.15. The Balaban J connectivity index is 2.51. The molecule has 14 heavy (non-hydrogen) atoms. The predicted molar refractivity (Wildman–Crippen MR) is 55.3 cm³/mol. The Morgan fingerprint density at radius 2 is 2.07 bits per heavy atom. The minimum atomic E-state index is -0.207. The highest BCUT2D eigenvalue weighted by molar-refractivity contribution is 5.67. The summed E-state index contributed by atoms with van der Waals surface area (Å²) < 4.78 is 4.72.